The summed E-state index contributed by atoms with van der Waals surface area (Å²) in [5.74, 6) is -0.125. The number of carbonyl (C=O) groups is 2. The lowest BCUT2D eigenvalue weighted by Crippen LogP contribution is -2.48. The Bertz CT molecular complexity index is 534. The zero-order chi connectivity index (χ0) is 13.4. The number of aromatic nitrogens is 1. The normalized spacial score (nSPS) is 25.9. The zero-order valence-corrected chi connectivity index (χ0v) is 11.1. The number of nitrogens with zero attached hydrogens (tertiary/aromatic N) is 2. The van der Waals surface area contributed by atoms with Gasteiger partial charge in [-0.1, -0.05) is 11.6 Å². The van der Waals surface area contributed by atoms with Gasteiger partial charge in [0.2, 0.25) is 5.91 Å². The molecule has 3 heterocycles. The van der Waals surface area contributed by atoms with Crippen LogP contribution in [0.25, 0.3) is 0 Å². The molecule has 2 amide bonds. The number of amides is 2. The highest BCUT2D eigenvalue weighted by Crippen LogP contribution is 2.29. The van der Waals surface area contributed by atoms with E-state index in [2.05, 4.69) is 10.3 Å². The maximum Gasteiger partial charge on any atom is 0.255 e. The Balaban J connectivity index is 1.87. The summed E-state index contributed by atoms with van der Waals surface area (Å²) < 4.78 is 0. The van der Waals surface area contributed by atoms with Gasteiger partial charge in [-0.25, -0.2) is 0 Å². The van der Waals surface area contributed by atoms with Crippen molar-refractivity contribution in [1.29, 1.82) is 0 Å². The predicted molar refractivity (Wildman–Crippen MR) is 69.8 cm³/mol. The Hall–Kier alpha value is -1.62. The molecule has 0 spiro atoms. The molecule has 3 rings (SSSR count). The fraction of sp³-hybridized carbons (Fsp3) is 0.462. The summed E-state index contributed by atoms with van der Waals surface area (Å²) in [6, 6.07) is 1.58. The standard InChI is InChI=1S/C13H14ClN3O2/c14-10-6-15-4-3-8(10)13(19)17-5-1-2-9-11(17)7-16-12(9)18/h3-4,6,9,11H,1-2,5,7H2,(H,16,18). The molecule has 2 saturated heterocycles. The van der Waals surface area contributed by atoms with Gasteiger partial charge < -0.3 is 10.2 Å². The van der Waals surface area contributed by atoms with Crippen LogP contribution >= 0.6 is 11.6 Å². The molecule has 6 heteroatoms. The largest absolute Gasteiger partial charge is 0.354 e. The number of fused-ring (bicyclic) bond motifs is 1. The van der Waals surface area contributed by atoms with Crippen LogP contribution in [-0.4, -0.2) is 40.8 Å². The fourth-order valence-electron chi connectivity index (χ4n) is 2.91. The summed E-state index contributed by atoms with van der Waals surface area (Å²) in [7, 11) is 0. The van der Waals surface area contributed by atoms with Crippen LogP contribution in [0.5, 0.6) is 0 Å². The smallest absolute Gasteiger partial charge is 0.255 e. The van der Waals surface area contributed by atoms with Crippen LogP contribution in [0.4, 0.5) is 0 Å². The van der Waals surface area contributed by atoms with Gasteiger partial charge in [0.1, 0.15) is 0 Å². The van der Waals surface area contributed by atoms with E-state index in [0.29, 0.717) is 23.7 Å². The number of pyridine rings is 1. The molecule has 1 N–H and O–H groups in total. The Morgan fingerprint density at radius 2 is 2.37 bits per heavy atom. The third-order valence-corrected chi connectivity index (χ3v) is 4.17. The maximum absolute atomic E-state index is 12.5. The molecule has 19 heavy (non-hydrogen) atoms. The van der Waals surface area contributed by atoms with E-state index in [1.807, 2.05) is 0 Å². The van der Waals surface area contributed by atoms with E-state index in [1.54, 1.807) is 17.2 Å². The van der Waals surface area contributed by atoms with Crippen molar-refractivity contribution in [1.82, 2.24) is 15.2 Å². The number of halogens is 1. The fourth-order valence-corrected chi connectivity index (χ4v) is 3.11. The first-order valence-corrected chi connectivity index (χ1v) is 6.74. The van der Waals surface area contributed by atoms with Crippen LogP contribution in [-0.2, 0) is 4.79 Å². The van der Waals surface area contributed by atoms with Crippen molar-refractivity contribution in [3.63, 3.8) is 0 Å². The van der Waals surface area contributed by atoms with Gasteiger partial charge in [0.25, 0.3) is 5.91 Å². The molecule has 0 aromatic carbocycles. The summed E-state index contributed by atoms with van der Waals surface area (Å²) in [4.78, 5) is 29.9. The Kier molecular flexibility index (Phi) is 3.14. The number of rotatable bonds is 1. The zero-order valence-electron chi connectivity index (χ0n) is 10.3. The highest BCUT2D eigenvalue weighted by atomic mass is 35.5. The molecule has 100 valence electrons. The van der Waals surface area contributed by atoms with Crippen molar-refractivity contribution >= 4 is 23.4 Å². The first-order chi connectivity index (χ1) is 9.18. The molecule has 2 unspecified atom stereocenters. The quantitative estimate of drug-likeness (QED) is 0.837. The van der Waals surface area contributed by atoms with Gasteiger partial charge in [0, 0.05) is 25.5 Å². The minimum atomic E-state index is -0.112. The first-order valence-electron chi connectivity index (χ1n) is 6.36. The Morgan fingerprint density at radius 3 is 3.16 bits per heavy atom. The average molecular weight is 280 g/mol. The van der Waals surface area contributed by atoms with Gasteiger partial charge in [-0.2, -0.15) is 0 Å². The summed E-state index contributed by atoms with van der Waals surface area (Å²) in [6.07, 6.45) is 4.72. The second kappa shape index (κ2) is 4.81. The van der Waals surface area contributed by atoms with Gasteiger partial charge in [-0.3, -0.25) is 14.6 Å². The SMILES string of the molecule is O=C1NCC2C1CCCN2C(=O)c1ccncc1Cl. The number of piperidine rings is 1. The summed E-state index contributed by atoms with van der Waals surface area (Å²) >= 11 is 6.02. The van der Waals surface area contributed by atoms with Crippen LogP contribution < -0.4 is 5.32 Å². The van der Waals surface area contributed by atoms with Crippen molar-refractivity contribution in [2.75, 3.05) is 13.1 Å². The van der Waals surface area contributed by atoms with E-state index in [-0.39, 0.29) is 23.8 Å². The monoisotopic (exact) mass is 279 g/mol. The number of carbonyl (C=O) groups excluding carboxylic acids is 2. The average Bonchev–Trinajstić information content (AvgIpc) is 2.80. The lowest BCUT2D eigenvalue weighted by Gasteiger charge is -2.36. The molecule has 2 aliphatic rings. The van der Waals surface area contributed by atoms with Crippen LogP contribution in [0.3, 0.4) is 0 Å². The van der Waals surface area contributed by atoms with Gasteiger partial charge in [0.05, 0.1) is 22.5 Å². The Labute approximate surface area is 115 Å². The van der Waals surface area contributed by atoms with E-state index < -0.39 is 0 Å². The molecule has 1 aromatic rings. The van der Waals surface area contributed by atoms with Crippen LogP contribution in [0.2, 0.25) is 5.02 Å². The van der Waals surface area contributed by atoms with Crippen LogP contribution in [0.15, 0.2) is 18.5 Å². The molecule has 2 aliphatic heterocycles. The van der Waals surface area contributed by atoms with Gasteiger partial charge in [-0.05, 0) is 18.9 Å². The molecule has 1 aromatic heterocycles. The van der Waals surface area contributed by atoms with Crippen molar-refractivity contribution in [2.45, 2.75) is 18.9 Å². The third kappa shape index (κ3) is 2.08. The lowest BCUT2D eigenvalue weighted by molar-refractivity contribution is -0.123. The molecule has 2 fully saturated rings. The minimum Gasteiger partial charge on any atom is -0.354 e. The van der Waals surface area contributed by atoms with Crippen molar-refractivity contribution in [2.24, 2.45) is 5.92 Å². The van der Waals surface area contributed by atoms with Crippen molar-refractivity contribution < 1.29 is 9.59 Å². The van der Waals surface area contributed by atoms with Crippen molar-refractivity contribution in [3.8, 4) is 0 Å². The van der Waals surface area contributed by atoms with E-state index >= 15 is 0 Å². The summed E-state index contributed by atoms with van der Waals surface area (Å²) in [5, 5.41) is 3.19. The summed E-state index contributed by atoms with van der Waals surface area (Å²) in [6.45, 7) is 1.21. The number of hydrogen-bond acceptors (Lipinski definition) is 3. The van der Waals surface area contributed by atoms with Gasteiger partial charge in [0.15, 0.2) is 0 Å². The molecule has 2 atom stereocenters. The number of hydrogen-bond donors (Lipinski definition) is 1. The van der Waals surface area contributed by atoms with E-state index in [0.717, 1.165) is 12.8 Å². The topological polar surface area (TPSA) is 62.3 Å². The third-order valence-electron chi connectivity index (χ3n) is 3.86. The van der Waals surface area contributed by atoms with Gasteiger partial charge in [-0.15, -0.1) is 0 Å². The number of likely N-dealkylation sites (tertiary alicyclic amines) is 1. The molecule has 0 aliphatic carbocycles. The molecule has 0 bridgehead atoms. The second-order valence-corrected chi connectivity index (χ2v) is 5.32. The maximum atomic E-state index is 12.5. The first kappa shape index (κ1) is 12.4. The molecule has 0 saturated carbocycles. The molecular weight excluding hydrogens is 266 g/mol. The second-order valence-electron chi connectivity index (χ2n) is 4.92. The van der Waals surface area contributed by atoms with E-state index in [9.17, 15) is 9.59 Å². The van der Waals surface area contributed by atoms with Crippen molar-refractivity contribution in [3.05, 3.63) is 29.0 Å². The van der Waals surface area contributed by atoms with E-state index in [1.165, 1.54) is 6.20 Å². The molecule has 0 radical (unpaired) electrons. The Morgan fingerprint density at radius 1 is 1.53 bits per heavy atom. The highest BCUT2D eigenvalue weighted by Gasteiger charge is 2.42. The molecule has 5 nitrogen and oxygen atoms in total. The van der Waals surface area contributed by atoms with Gasteiger partial charge >= 0.3 is 0 Å². The number of nitrogens with one attached hydrogen (secondary N) is 1. The highest BCUT2D eigenvalue weighted by molar-refractivity contribution is 6.33. The van der Waals surface area contributed by atoms with Crippen LogP contribution in [0.1, 0.15) is 23.2 Å². The molecular formula is C13H14ClN3O2. The minimum absolute atomic E-state index is 0.0435. The summed E-state index contributed by atoms with van der Waals surface area (Å²) in [5.41, 5.74) is 0.455. The lowest BCUT2D eigenvalue weighted by atomic mass is 9.91. The predicted octanol–water partition coefficient (Wildman–Crippen LogP) is 1.09. The van der Waals surface area contributed by atoms with Crippen LogP contribution in [0, 0.1) is 5.92 Å². The van der Waals surface area contributed by atoms with E-state index in [4.69, 9.17) is 11.6 Å².